The fourth-order valence-electron chi connectivity index (χ4n) is 2.13. The van der Waals surface area contributed by atoms with Gasteiger partial charge in [-0.15, -0.1) is 5.10 Å². The molecule has 1 aromatic heterocycles. The van der Waals surface area contributed by atoms with Crippen LogP contribution in [0.1, 0.15) is 47.1 Å². The van der Waals surface area contributed by atoms with Crippen LogP contribution in [-0.2, 0) is 12.0 Å². The van der Waals surface area contributed by atoms with Gasteiger partial charge in [0.25, 0.3) is 0 Å². The van der Waals surface area contributed by atoms with E-state index in [-0.39, 0.29) is 10.8 Å². The van der Waals surface area contributed by atoms with Crippen LogP contribution < -0.4 is 0 Å². The summed E-state index contributed by atoms with van der Waals surface area (Å²) in [7, 11) is 0. The van der Waals surface area contributed by atoms with Gasteiger partial charge < -0.3 is 0 Å². The summed E-state index contributed by atoms with van der Waals surface area (Å²) in [5, 5.41) is 8.49. The Hall–Kier alpha value is -1.64. The SMILES string of the molecule is CC(C)(C)Cn1cc(-c2ccc(C(C)(C)C)cc2)nn1. The summed E-state index contributed by atoms with van der Waals surface area (Å²) in [5.41, 5.74) is 3.79. The zero-order chi connectivity index (χ0) is 15.0. The molecule has 0 atom stereocenters. The summed E-state index contributed by atoms with van der Waals surface area (Å²) in [6.45, 7) is 14.1. The molecule has 0 aliphatic carbocycles. The van der Waals surface area contributed by atoms with E-state index in [1.807, 2.05) is 10.9 Å². The highest BCUT2D eigenvalue weighted by molar-refractivity contribution is 5.58. The van der Waals surface area contributed by atoms with E-state index < -0.39 is 0 Å². The summed E-state index contributed by atoms with van der Waals surface area (Å²) in [6, 6.07) is 8.62. The van der Waals surface area contributed by atoms with Crippen molar-refractivity contribution in [3.63, 3.8) is 0 Å². The molecular formula is C17H25N3. The Morgan fingerprint density at radius 3 is 2.05 bits per heavy atom. The van der Waals surface area contributed by atoms with Gasteiger partial charge in [-0.1, -0.05) is 71.0 Å². The molecule has 1 heterocycles. The Labute approximate surface area is 122 Å². The highest BCUT2D eigenvalue weighted by Crippen LogP contribution is 2.25. The number of hydrogen-bond donors (Lipinski definition) is 0. The topological polar surface area (TPSA) is 30.7 Å². The maximum Gasteiger partial charge on any atom is 0.113 e. The minimum atomic E-state index is 0.183. The van der Waals surface area contributed by atoms with Gasteiger partial charge in [-0.3, -0.25) is 4.68 Å². The molecule has 20 heavy (non-hydrogen) atoms. The molecule has 3 heteroatoms. The summed E-state index contributed by atoms with van der Waals surface area (Å²) in [4.78, 5) is 0. The number of aromatic nitrogens is 3. The minimum absolute atomic E-state index is 0.183. The average Bonchev–Trinajstić information content (AvgIpc) is 2.74. The lowest BCUT2D eigenvalue weighted by Crippen LogP contribution is -2.15. The minimum Gasteiger partial charge on any atom is -0.251 e. The Morgan fingerprint density at radius 2 is 1.55 bits per heavy atom. The first-order valence-electron chi connectivity index (χ1n) is 7.16. The van der Waals surface area contributed by atoms with Crippen molar-refractivity contribution in [2.45, 2.75) is 53.5 Å². The molecule has 0 saturated carbocycles. The van der Waals surface area contributed by atoms with Gasteiger partial charge in [0, 0.05) is 12.1 Å². The van der Waals surface area contributed by atoms with Crippen molar-refractivity contribution in [1.82, 2.24) is 15.0 Å². The Balaban J connectivity index is 2.20. The highest BCUT2D eigenvalue weighted by atomic mass is 15.4. The van der Waals surface area contributed by atoms with E-state index in [1.54, 1.807) is 0 Å². The average molecular weight is 271 g/mol. The van der Waals surface area contributed by atoms with E-state index in [9.17, 15) is 0 Å². The third-order valence-corrected chi connectivity index (χ3v) is 3.22. The Morgan fingerprint density at radius 1 is 0.950 bits per heavy atom. The lowest BCUT2D eigenvalue weighted by atomic mass is 9.86. The second-order valence-corrected chi connectivity index (χ2v) is 7.69. The van der Waals surface area contributed by atoms with Crippen molar-refractivity contribution in [2.75, 3.05) is 0 Å². The van der Waals surface area contributed by atoms with E-state index >= 15 is 0 Å². The predicted octanol–water partition coefficient (Wildman–Crippen LogP) is 4.29. The largest absolute Gasteiger partial charge is 0.251 e. The van der Waals surface area contributed by atoms with Crippen LogP contribution in [0, 0.1) is 5.41 Å². The van der Waals surface area contributed by atoms with E-state index in [0.717, 1.165) is 17.8 Å². The predicted molar refractivity (Wildman–Crippen MR) is 83.6 cm³/mol. The van der Waals surface area contributed by atoms with Crippen molar-refractivity contribution < 1.29 is 0 Å². The van der Waals surface area contributed by atoms with E-state index in [2.05, 4.69) is 76.1 Å². The van der Waals surface area contributed by atoms with Crippen molar-refractivity contribution >= 4 is 0 Å². The Bertz CT molecular complexity index is 566. The van der Waals surface area contributed by atoms with Gasteiger partial charge in [0.1, 0.15) is 5.69 Å². The van der Waals surface area contributed by atoms with E-state index in [0.29, 0.717) is 0 Å². The molecule has 2 rings (SSSR count). The molecule has 0 saturated heterocycles. The first-order chi connectivity index (χ1) is 9.15. The molecule has 0 aliphatic heterocycles. The number of benzene rings is 1. The highest BCUT2D eigenvalue weighted by Gasteiger charge is 2.15. The molecule has 2 aromatic rings. The van der Waals surface area contributed by atoms with Gasteiger partial charge in [-0.25, -0.2) is 0 Å². The Kier molecular flexibility index (Phi) is 3.72. The molecule has 0 spiro atoms. The first-order valence-corrected chi connectivity index (χ1v) is 7.16. The van der Waals surface area contributed by atoms with Crippen LogP contribution in [0.5, 0.6) is 0 Å². The van der Waals surface area contributed by atoms with Crippen LogP contribution in [0.15, 0.2) is 30.5 Å². The smallest absolute Gasteiger partial charge is 0.113 e. The standard InChI is InChI=1S/C17H25N3/c1-16(2,3)12-20-11-15(18-19-20)13-7-9-14(10-8-13)17(4,5)6/h7-11H,12H2,1-6H3. The second-order valence-electron chi connectivity index (χ2n) is 7.69. The summed E-state index contributed by atoms with van der Waals surface area (Å²) < 4.78 is 1.92. The van der Waals surface area contributed by atoms with Crippen LogP contribution in [0.25, 0.3) is 11.3 Å². The summed E-state index contributed by atoms with van der Waals surface area (Å²) in [6.07, 6.45) is 2.03. The molecule has 0 amide bonds. The van der Waals surface area contributed by atoms with Gasteiger partial charge in [0.2, 0.25) is 0 Å². The lowest BCUT2D eigenvalue weighted by Gasteiger charge is -2.18. The molecule has 108 valence electrons. The normalized spacial score (nSPS) is 12.7. The number of nitrogens with zero attached hydrogens (tertiary/aromatic N) is 3. The summed E-state index contributed by atoms with van der Waals surface area (Å²) >= 11 is 0. The van der Waals surface area contributed by atoms with Crippen LogP contribution in [0.4, 0.5) is 0 Å². The monoisotopic (exact) mass is 271 g/mol. The molecule has 3 nitrogen and oxygen atoms in total. The van der Waals surface area contributed by atoms with Crippen molar-refractivity contribution in [2.24, 2.45) is 5.41 Å². The van der Waals surface area contributed by atoms with Crippen LogP contribution in [0.2, 0.25) is 0 Å². The van der Waals surface area contributed by atoms with Gasteiger partial charge in [0.05, 0.1) is 6.20 Å². The van der Waals surface area contributed by atoms with Gasteiger partial charge in [-0.2, -0.15) is 0 Å². The van der Waals surface area contributed by atoms with Crippen LogP contribution in [0.3, 0.4) is 0 Å². The van der Waals surface area contributed by atoms with Gasteiger partial charge >= 0.3 is 0 Å². The second kappa shape index (κ2) is 5.04. The maximum absolute atomic E-state index is 4.28. The van der Waals surface area contributed by atoms with E-state index in [4.69, 9.17) is 0 Å². The van der Waals surface area contributed by atoms with Crippen LogP contribution in [-0.4, -0.2) is 15.0 Å². The fraction of sp³-hybridized carbons (Fsp3) is 0.529. The molecule has 0 bridgehead atoms. The van der Waals surface area contributed by atoms with Gasteiger partial charge in [-0.05, 0) is 16.4 Å². The van der Waals surface area contributed by atoms with Crippen molar-refractivity contribution in [3.05, 3.63) is 36.0 Å². The quantitative estimate of drug-likeness (QED) is 0.815. The molecule has 0 fully saturated rings. The third kappa shape index (κ3) is 3.69. The lowest BCUT2D eigenvalue weighted by molar-refractivity contribution is 0.321. The fourth-order valence-corrected chi connectivity index (χ4v) is 2.13. The number of rotatable bonds is 2. The van der Waals surface area contributed by atoms with Gasteiger partial charge in [0.15, 0.2) is 0 Å². The molecule has 1 aromatic carbocycles. The molecular weight excluding hydrogens is 246 g/mol. The zero-order valence-corrected chi connectivity index (χ0v) is 13.4. The van der Waals surface area contributed by atoms with E-state index in [1.165, 1.54) is 5.56 Å². The molecule has 0 N–H and O–H groups in total. The zero-order valence-electron chi connectivity index (χ0n) is 13.4. The number of hydrogen-bond acceptors (Lipinski definition) is 2. The first kappa shape index (κ1) is 14.8. The molecule has 0 aliphatic rings. The van der Waals surface area contributed by atoms with Crippen LogP contribution >= 0.6 is 0 Å². The summed E-state index contributed by atoms with van der Waals surface area (Å²) in [5.74, 6) is 0. The van der Waals surface area contributed by atoms with Crippen molar-refractivity contribution in [3.8, 4) is 11.3 Å². The third-order valence-electron chi connectivity index (χ3n) is 3.22. The van der Waals surface area contributed by atoms with Crippen molar-refractivity contribution in [1.29, 1.82) is 0 Å². The maximum atomic E-state index is 4.28. The molecule has 0 radical (unpaired) electrons. The molecule has 0 unspecified atom stereocenters.